The molecule has 0 aromatic carbocycles. The van der Waals surface area contributed by atoms with Crippen molar-refractivity contribution >= 4 is 17.9 Å². The Kier molecular flexibility index (Phi) is 3.59. The second kappa shape index (κ2) is 5.44. The molecule has 1 heterocycles. The maximum Gasteiger partial charge on any atom is 0.313 e. The van der Waals surface area contributed by atoms with Crippen LogP contribution in [0.4, 0.5) is 0 Å². The Morgan fingerprint density at radius 2 is 1.97 bits per heavy atom. The van der Waals surface area contributed by atoms with Crippen LogP contribution in [0, 0.1) is 34.5 Å². The number of esters is 3. The Bertz CT molecular complexity index is 848. The third-order valence-electron chi connectivity index (χ3n) is 9.56. The van der Waals surface area contributed by atoms with Gasteiger partial charge in [-0.05, 0) is 62.4 Å². The van der Waals surface area contributed by atoms with Crippen molar-refractivity contribution in [3.05, 3.63) is 12.2 Å². The van der Waals surface area contributed by atoms with Crippen molar-refractivity contribution in [1.29, 1.82) is 0 Å². The second-order valence-electron chi connectivity index (χ2n) is 10.4. The number of hydrogen-bond donors (Lipinski definition) is 0. The molecule has 8 atom stereocenters. The minimum Gasteiger partial charge on any atom is -0.469 e. The van der Waals surface area contributed by atoms with E-state index in [0.717, 1.165) is 24.8 Å². The molecular formula is C23H30O6. The van der Waals surface area contributed by atoms with Gasteiger partial charge in [-0.2, -0.15) is 0 Å². The summed E-state index contributed by atoms with van der Waals surface area (Å²) in [6, 6.07) is 0. The zero-order valence-electron chi connectivity index (χ0n) is 17.7. The van der Waals surface area contributed by atoms with Crippen LogP contribution in [0.2, 0.25) is 0 Å². The third kappa shape index (κ3) is 1.92. The van der Waals surface area contributed by atoms with Crippen LogP contribution < -0.4 is 0 Å². The molecule has 4 saturated carbocycles. The number of fused-ring (bicyclic) bond motifs is 1. The SMILES string of the molecule is C=C1C[C@]23C[C@@]1(OC(C)=O)CC[C@H]2[C@@]12CC[C@@H](C)[C@](C)(C(=O)O1)[C@H]2[C@@H]3C(=O)OC. The van der Waals surface area contributed by atoms with Crippen LogP contribution in [0.1, 0.15) is 59.3 Å². The van der Waals surface area contributed by atoms with Gasteiger partial charge in [-0.25, -0.2) is 0 Å². The van der Waals surface area contributed by atoms with Gasteiger partial charge in [0.2, 0.25) is 0 Å². The number of carbonyl (C=O) groups is 3. The average molecular weight is 402 g/mol. The van der Waals surface area contributed by atoms with Gasteiger partial charge < -0.3 is 14.2 Å². The maximum atomic E-state index is 13.3. The molecule has 1 spiro atoms. The molecule has 1 saturated heterocycles. The van der Waals surface area contributed by atoms with Crippen molar-refractivity contribution in [3.8, 4) is 0 Å². The Morgan fingerprint density at radius 1 is 1.24 bits per heavy atom. The summed E-state index contributed by atoms with van der Waals surface area (Å²) in [5.74, 6) is -1.21. The molecule has 5 aliphatic rings. The lowest BCUT2D eigenvalue weighted by atomic mass is 9.56. The number of rotatable bonds is 2. The Hall–Kier alpha value is -1.85. The van der Waals surface area contributed by atoms with E-state index in [2.05, 4.69) is 13.5 Å². The molecular weight excluding hydrogens is 372 g/mol. The quantitative estimate of drug-likeness (QED) is 0.401. The molecule has 6 nitrogen and oxygen atoms in total. The van der Waals surface area contributed by atoms with E-state index in [4.69, 9.17) is 14.2 Å². The number of ether oxygens (including phenoxy) is 3. The highest BCUT2D eigenvalue weighted by Crippen LogP contribution is 2.79. The summed E-state index contributed by atoms with van der Waals surface area (Å²) in [5, 5.41) is 0. The van der Waals surface area contributed by atoms with E-state index in [1.54, 1.807) is 0 Å². The molecule has 6 heteroatoms. The minimum atomic E-state index is -0.714. The van der Waals surface area contributed by atoms with Crippen LogP contribution in [0.5, 0.6) is 0 Å². The van der Waals surface area contributed by atoms with E-state index in [-0.39, 0.29) is 35.7 Å². The van der Waals surface area contributed by atoms with Crippen molar-refractivity contribution in [1.82, 2.24) is 0 Å². The zero-order chi connectivity index (χ0) is 21.0. The van der Waals surface area contributed by atoms with Crippen molar-refractivity contribution in [2.45, 2.75) is 70.5 Å². The lowest BCUT2D eigenvalue weighted by Crippen LogP contribution is -2.50. The monoisotopic (exact) mass is 402 g/mol. The highest BCUT2D eigenvalue weighted by molar-refractivity contribution is 5.85. The molecule has 0 unspecified atom stereocenters. The molecule has 158 valence electrons. The zero-order valence-corrected chi connectivity index (χ0v) is 17.7. The van der Waals surface area contributed by atoms with Crippen LogP contribution in [0.25, 0.3) is 0 Å². The third-order valence-corrected chi connectivity index (χ3v) is 9.56. The minimum absolute atomic E-state index is 0.0605. The van der Waals surface area contributed by atoms with Crippen molar-refractivity contribution in [2.75, 3.05) is 7.11 Å². The first-order chi connectivity index (χ1) is 13.6. The molecule has 0 aromatic rings. The van der Waals surface area contributed by atoms with Crippen LogP contribution in [-0.2, 0) is 28.6 Å². The summed E-state index contributed by atoms with van der Waals surface area (Å²) in [4.78, 5) is 38.3. The molecule has 4 aliphatic carbocycles. The number of methoxy groups -OCH3 is 1. The van der Waals surface area contributed by atoms with E-state index >= 15 is 0 Å². The highest BCUT2D eigenvalue weighted by Gasteiger charge is 2.84. The number of carbonyl (C=O) groups excluding carboxylic acids is 3. The summed E-state index contributed by atoms with van der Waals surface area (Å²) in [5.41, 5.74) is -1.58. The van der Waals surface area contributed by atoms with Crippen molar-refractivity contribution in [3.63, 3.8) is 0 Å². The van der Waals surface area contributed by atoms with Crippen LogP contribution in [0.15, 0.2) is 12.2 Å². The Morgan fingerprint density at radius 3 is 2.62 bits per heavy atom. The smallest absolute Gasteiger partial charge is 0.313 e. The molecule has 4 bridgehead atoms. The van der Waals surface area contributed by atoms with Crippen LogP contribution in [0.3, 0.4) is 0 Å². The van der Waals surface area contributed by atoms with Gasteiger partial charge in [0.1, 0.15) is 11.2 Å². The predicted molar refractivity (Wildman–Crippen MR) is 102 cm³/mol. The maximum absolute atomic E-state index is 13.3. The van der Waals surface area contributed by atoms with Gasteiger partial charge in [-0.15, -0.1) is 0 Å². The molecule has 5 fully saturated rings. The lowest BCUT2D eigenvalue weighted by molar-refractivity contribution is -0.169. The molecule has 0 N–H and O–H groups in total. The lowest BCUT2D eigenvalue weighted by Gasteiger charge is -2.46. The molecule has 5 rings (SSSR count). The normalized spacial score (nSPS) is 51.9. The van der Waals surface area contributed by atoms with Gasteiger partial charge in [-0.1, -0.05) is 13.5 Å². The average Bonchev–Trinajstić information content (AvgIpc) is 3.08. The fourth-order valence-corrected chi connectivity index (χ4v) is 8.41. The first-order valence-corrected chi connectivity index (χ1v) is 10.8. The largest absolute Gasteiger partial charge is 0.469 e. The van der Waals surface area contributed by atoms with Gasteiger partial charge in [0.15, 0.2) is 0 Å². The molecule has 0 radical (unpaired) electrons. The van der Waals surface area contributed by atoms with E-state index < -0.39 is 27.9 Å². The van der Waals surface area contributed by atoms with Gasteiger partial charge in [0.25, 0.3) is 0 Å². The summed E-state index contributed by atoms with van der Waals surface area (Å²) < 4.78 is 17.4. The Balaban J connectivity index is 1.70. The van der Waals surface area contributed by atoms with E-state index in [1.807, 2.05) is 6.92 Å². The van der Waals surface area contributed by atoms with Crippen LogP contribution in [-0.4, -0.2) is 36.2 Å². The van der Waals surface area contributed by atoms with Gasteiger partial charge in [-0.3, -0.25) is 14.4 Å². The number of hydrogen-bond acceptors (Lipinski definition) is 6. The summed E-state index contributed by atoms with van der Waals surface area (Å²) in [6.07, 6.45) is 4.31. The second-order valence-corrected chi connectivity index (χ2v) is 10.4. The molecule has 1 aliphatic heterocycles. The summed E-state index contributed by atoms with van der Waals surface area (Å²) in [7, 11) is 1.42. The topological polar surface area (TPSA) is 78.9 Å². The van der Waals surface area contributed by atoms with E-state index in [1.165, 1.54) is 14.0 Å². The summed E-state index contributed by atoms with van der Waals surface area (Å²) in [6.45, 7) is 9.79. The first-order valence-electron chi connectivity index (χ1n) is 10.8. The molecule has 0 amide bonds. The predicted octanol–water partition coefficient (Wildman–Crippen LogP) is 3.19. The fourth-order valence-electron chi connectivity index (χ4n) is 8.41. The van der Waals surface area contributed by atoms with Gasteiger partial charge in [0.05, 0.1) is 18.4 Å². The van der Waals surface area contributed by atoms with Crippen molar-refractivity contribution < 1.29 is 28.6 Å². The molecule has 29 heavy (non-hydrogen) atoms. The van der Waals surface area contributed by atoms with Gasteiger partial charge >= 0.3 is 17.9 Å². The Labute approximate surface area is 171 Å². The van der Waals surface area contributed by atoms with Gasteiger partial charge in [0, 0.05) is 18.8 Å². The highest BCUT2D eigenvalue weighted by atomic mass is 16.6. The fraction of sp³-hybridized carbons (Fsp3) is 0.783. The van der Waals surface area contributed by atoms with Crippen molar-refractivity contribution in [2.24, 2.45) is 34.5 Å². The molecule has 0 aromatic heterocycles. The standard InChI is InChI=1S/C23H30O6/c1-12-6-9-23-15-7-8-22(28-14(3)24)11-21(15,10-13(22)2)16(18(25)27-5)17(23)20(12,4)19(26)29-23/h12,15-17H,2,6-11H2,1,3-5H3/t12-,15-,16-,17-,20+,21+,22+,23-/m1/s1. The van der Waals surface area contributed by atoms with Crippen LogP contribution >= 0.6 is 0 Å². The van der Waals surface area contributed by atoms with E-state index in [9.17, 15) is 14.4 Å². The van der Waals surface area contributed by atoms with E-state index in [0.29, 0.717) is 19.3 Å². The first kappa shape index (κ1) is 19.1. The summed E-state index contributed by atoms with van der Waals surface area (Å²) >= 11 is 0.